The van der Waals surface area contributed by atoms with Crippen molar-refractivity contribution in [3.05, 3.63) is 0 Å². The summed E-state index contributed by atoms with van der Waals surface area (Å²) >= 11 is 3.50. The Kier molecular flexibility index (Phi) is 20.3. The molecule has 0 spiro atoms. The topological polar surface area (TPSA) is 0 Å². The molecule has 0 aliphatic carbocycles. The summed E-state index contributed by atoms with van der Waals surface area (Å²) in [4.78, 5) is 0. The minimum absolute atomic E-state index is 0. The fraction of sp³-hybridized carbons (Fsp3) is 0. The normalized spacial score (nSPS) is 4.25. The Morgan fingerprint density at radius 3 is 1.75 bits per heavy atom. The molecule has 4 heavy (non-hydrogen) atoms. The van der Waals surface area contributed by atoms with Crippen molar-refractivity contribution < 1.29 is 32.4 Å². The molecule has 0 fully saturated rings. The van der Waals surface area contributed by atoms with Crippen molar-refractivity contribution in [3.8, 4) is 0 Å². The summed E-state index contributed by atoms with van der Waals surface area (Å²) in [5.41, 5.74) is 0. The Bertz CT molecular complexity index is 8.00. The van der Waals surface area contributed by atoms with Gasteiger partial charge in [-0.1, -0.05) is 0 Å². The SMILES string of the molecule is [BH2][Mn][SeH].[Zn]. The Labute approximate surface area is 53.0 Å². The quantitative estimate of drug-likeness (QED) is 0.426. The molecule has 0 heterocycles. The minimum Gasteiger partial charge on any atom is 0 e. The molecule has 0 N–H and O–H groups in total. The molecule has 0 saturated heterocycles. The van der Waals surface area contributed by atoms with Gasteiger partial charge in [-0.15, -0.1) is 0 Å². The van der Waals surface area contributed by atoms with Crippen LogP contribution in [0.1, 0.15) is 0 Å². The third-order valence-corrected chi connectivity index (χ3v) is 0. The third-order valence-electron chi connectivity index (χ3n) is 0. The van der Waals surface area contributed by atoms with Crippen molar-refractivity contribution in [1.82, 2.24) is 0 Å². The monoisotopic (exact) mass is 213 g/mol. The second kappa shape index (κ2) is 8.83. The van der Waals surface area contributed by atoms with E-state index in [0.29, 0.717) is 0 Å². The van der Waals surface area contributed by atoms with Gasteiger partial charge in [0.1, 0.15) is 0 Å². The van der Waals surface area contributed by atoms with Crippen LogP contribution in [0.3, 0.4) is 0 Å². The molecule has 0 aromatic rings. The molecule has 0 aliphatic heterocycles. The minimum atomic E-state index is 0. The summed E-state index contributed by atoms with van der Waals surface area (Å²) in [6.07, 6.45) is 0. The van der Waals surface area contributed by atoms with Crippen LogP contribution in [0.5, 0.6) is 0 Å². The van der Waals surface area contributed by atoms with Crippen LogP contribution >= 0.6 is 0 Å². The van der Waals surface area contributed by atoms with E-state index in [1.165, 1.54) is 0 Å². The first-order valence-corrected chi connectivity index (χ1v) is 5.18. The molecule has 0 aromatic heterocycles. The van der Waals surface area contributed by atoms with Crippen molar-refractivity contribution in [1.29, 1.82) is 0 Å². The second-order valence-corrected chi connectivity index (χ2v) is 3.62. The van der Waals surface area contributed by atoms with E-state index in [1.54, 1.807) is 0 Å². The van der Waals surface area contributed by atoms with E-state index in [1.807, 2.05) is 0 Å². The van der Waals surface area contributed by atoms with E-state index in [9.17, 15) is 0 Å². The van der Waals surface area contributed by atoms with Crippen molar-refractivity contribution >= 4 is 20.8 Å². The summed E-state index contributed by atoms with van der Waals surface area (Å²) < 4.78 is 0. The van der Waals surface area contributed by atoms with E-state index >= 15 is 0 Å². The van der Waals surface area contributed by atoms with Crippen molar-refractivity contribution in [2.45, 2.75) is 0 Å². The van der Waals surface area contributed by atoms with Gasteiger partial charge in [0.25, 0.3) is 0 Å². The maximum absolute atomic E-state index is 2.50. The summed E-state index contributed by atoms with van der Waals surface area (Å²) in [7, 11) is 0. The molecule has 0 saturated carbocycles. The zero-order valence-corrected chi connectivity index (χ0v) is 8.56. The van der Waals surface area contributed by atoms with Gasteiger partial charge in [-0.05, 0) is 0 Å². The Morgan fingerprint density at radius 1 is 1.75 bits per heavy atom. The summed E-state index contributed by atoms with van der Waals surface area (Å²) in [5.74, 6) is 0. The van der Waals surface area contributed by atoms with E-state index in [4.69, 9.17) is 0 Å². The van der Waals surface area contributed by atoms with Crippen LogP contribution in [-0.2, 0) is 32.4 Å². The molecule has 0 nitrogen and oxygen atoms in total. The summed E-state index contributed by atoms with van der Waals surface area (Å²) in [6.45, 7) is 2.13. The maximum atomic E-state index is 2.50. The smallest absolute Gasteiger partial charge is 0 e. The van der Waals surface area contributed by atoms with Crippen LogP contribution in [0.15, 0.2) is 0 Å². The first-order chi connectivity index (χ1) is 1.41. The Balaban J connectivity index is 0. The van der Waals surface area contributed by atoms with Crippen LogP contribution in [0.4, 0.5) is 0 Å². The molecular weight excluding hydrogens is 210 g/mol. The van der Waals surface area contributed by atoms with E-state index in [2.05, 4.69) is 20.8 Å². The fourth-order valence-corrected chi connectivity index (χ4v) is 0. The van der Waals surface area contributed by atoms with E-state index in [0.717, 1.165) is 13.0 Å². The van der Waals surface area contributed by atoms with Crippen LogP contribution in [0.25, 0.3) is 0 Å². The van der Waals surface area contributed by atoms with Gasteiger partial charge in [0.2, 0.25) is 0 Å². The first-order valence-electron chi connectivity index (χ1n) is 0.547. The summed E-state index contributed by atoms with van der Waals surface area (Å²) in [5, 5.41) is 0. The number of rotatable bonds is 0. The predicted molar refractivity (Wildman–Crippen MR) is 15.7 cm³/mol. The van der Waals surface area contributed by atoms with E-state index < -0.39 is 0 Å². The molecule has 0 unspecified atom stereocenters. The molecule has 21 valence electrons. The first kappa shape index (κ1) is 9.21. The van der Waals surface area contributed by atoms with E-state index in [-0.39, 0.29) is 19.5 Å². The largest absolute Gasteiger partial charge is 0 e. The van der Waals surface area contributed by atoms with Gasteiger partial charge in [-0.25, -0.2) is 0 Å². The zero-order valence-electron chi connectivity index (χ0n) is 2.53. The van der Waals surface area contributed by atoms with Crippen molar-refractivity contribution in [3.63, 3.8) is 0 Å². The van der Waals surface area contributed by atoms with Crippen molar-refractivity contribution in [2.24, 2.45) is 0 Å². The van der Waals surface area contributed by atoms with Crippen molar-refractivity contribution in [2.75, 3.05) is 0 Å². The molecule has 0 bridgehead atoms. The molecule has 4 heteroatoms. The van der Waals surface area contributed by atoms with Gasteiger partial charge in [-0.3, -0.25) is 0 Å². The fourth-order valence-electron chi connectivity index (χ4n) is 0. The van der Waals surface area contributed by atoms with Gasteiger partial charge in [0.05, 0.1) is 0 Å². The summed E-state index contributed by atoms with van der Waals surface area (Å²) in [6, 6.07) is 0. The van der Waals surface area contributed by atoms with Crippen LogP contribution < -0.4 is 0 Å². The van der Waals surface area contributed by atoms with Gasteiger partial charge >= 0.3 is 33.8 Å². The standard InChI is InChI=1S/BH2.Mn.H2Se.Zn/h1H2;;1H2;/q+1;;;/p-1. The molecule has 0 radical (unpaired) electrons. The van der Waals surface area contributed by atoms with Crippen LogP contribution in [0.2, 0.25) is 0 Å². The maximum Gasteiger partial charge on any atom is 0 e. The van der Waals surface area contributed by atoms with Gasteiger partial charge in [0, 0.05) is 19.5 Å². The second-order valence-electron chi connectivity index (χ2n) is 0.169. The van der Waals surface area contributed by atoms with Crippen LogP contribution in [-0.4, -0.2) is 20.8 Å². The number of hydrogen-bond acceptors (Lipinski definition) is 0. The molecule has 0 atom stereocenters. The molecule has 0 aromatic carbocycles. The average molecular weight is 213 g/mol. The van der Waals surface area contributed by atoms with Gasteiger partial charge in [-0.2, -0.15) is 0 Å². The predicted octanol–water partition coefficient (Wildman–Crippen LogP) is -1.57. The molecule has 0 rings (SSSR count). The van der Waals surface area contributed by atoms with Gasteiger partial charge < -0.3 is 0 Å². The van der Waals surface area contributed by atoms with Crippen LogP contribution in [0, 0.1) is 0 Å². The third kappa shape index (κ3) is 9.29. The number of hydrogen-bond donors (Lipinski definition) is 0. The molecule has 0 aliphatic rings. The Morgan fingerprint density at radius 2 is 1.75 bits per heavy atom. The Hall–Kier alpha value is 1.73. The molecule has 0 amide bonds. The molecular formula is H3BMnSeZn. The average Bonchev–Trinajstić information content (AvgIpc) is 0.918. The zero-order chi connectivity index (χ0) is 2.71. The van der Waals surface area contributed by atoms with Gasteiger partial charge in [0.15, 0.2) is 0 Å².